The van der Waals surface area contributed by atoms with Gasteiger partial charge in [0.2, 0.25) is 0 Å². The van der Waals surface area contributed by atoms with E-state index >= 15 is 0 Å². The Morgan fingerprint density at radius 3 is 2.06 bits per heavy atom. The van der Waals surface area contributed by atoms with Crippen molar-refractivity contribution in [3.8, 4) is 0 Å². The molecule has 1 aliphatic carbocycles. The van der Waals surface area contributed by atoms with Gasteiger partial charge in [-0.1, -0.05) is 25.7 Å². The van der Waals surface area contributed by atoms with Gasteiger partial charge in [-0.2, -0.15) is 0 Å². The minimum atomic E-state index is 0.830. The van der Waals surface area contributed by atoms with E-state index in [1.165, 1.54) is 64.6 Å². The predicted molar refractivity (Wildman–Crippen MR) is 79.9 cm³/mol. The highest BCUT2D eigenvalue weighted by atomic mass is 15.2. The third-order valence-electron chi connectivity index (χ3n) is 4.04. The van der Waals surface area contributed by atoms with Crippen molar-refractivity contribution in [2.24, 2.45) is 5.73 Å². The number of nitrogens with zero attached hydrogens (tertiary/aromatic N) is 2. The molecule has 0 unspecified atom stereocenters. The largest absolute Gasteiger partial charge is 0.330 e. The second-order valence-electron chi connectivity index (χ2n) is 5.98. The molecule has 0 radical (unpaired) electrons. The third kappa shape index (κ3) is 6.72. The molecule has 0 bridgehead atoms. The lowest BCUT2D eigenvalue weighted by molar-refractivity contribution is 0.170. The molecule has 0 atom stereocenters. The molecule has 0 amide bonds. The van der Waals surface area contributed by atoms with E-state index < -0.39 is 0 Å². The van der Waals surface area contributed by atoms with E-state index in [9.17, 15) is 0 Å². The van der Waals surface area contributed by atoms with Crippen molar-refractivity contribution in [1.82, 2.24) is 9.80 Å². The quantitative estimate of drug-likeness (QED) is 0.676. The van der Waals surface area contributed by atoms with Crippen LogP contribution in [0.5, 0.6) is 0 Å². The Hall–Kier alpha value is -0.120. The molecule has 0 aliphatic heterocycles. The lowest BCUT2D eigenvalue weighted by Crippen LogP contribution is -2.38. The molecule has 0 aromatic rings. The molecule has 1 aliphatic rings. The molecule has 1 saturated carbocycles. The first-order valence-electron chi connectivity index (χ1n) is 7.83. The summed E-state index contributed by atoms with van der Waals surface area (Å²) in [4.78, 5) is 5.01. The van der Waals surface area contributed by atoms with Crippen molar-refractivity contribution < 1.29 is 0 Å². The number of hydrogen-bond acceptors (Lipinski definition) is 3. The smallest absolute Gasteiger partial charge is 0.00952 e. The summed E-state index contributed by atoms with van der Waals surface area (Å²) in [5.74, 6) is 0. The summed E-state index contributed by atoms with van der Waals surface area (Å²) in [6.07, 6.45) is 11.0. The van der Waals surface area contributed by atoms with Crippen molar-refractivity contribution >= 4 is 0 Å². The monoisotopic (exact) mass is 255 g/mol. The lowest BCUT2D eigenvalue weighted by atomic mass is 10.1. The molecule has 18 heavy (non-hydrogen) atoms. The van der Waals surface area contributed by atoms with Crippen LogP contribution in [0.25, 0.3) is 0 Å². The molecule has 0 aromatic carbocycles. The molecule has 0 spiro atoms. The van der Waals surface area contributed by atoms with Crippen LogP contribution in [0, 0.1) is 0 Å². The summed E-state index contributed by atoms with van der Waals surface area (Å²) in [6, 6.07) is 0.834. The van der Waals surface area contributed by atoms with Gasteiger partial charge in [0.15, 0.2) is 0 Å². The van der Waals surface area contributed by atoms with Gasteiger partial charge in [0.1, 0.15) is 0 Å². The van der Waals surface area contributed by atoms with Gasteiger partial charge >= 0.3 is 0 Å². The minimum Gasteiger partial charge on any atom is -0.330 e. The highest BCUT2D eigenvalue weighted by Crippen LogP contribution is 2.22. The number of hydrogen-bond donors (Lipinski definition) is 1. The van der Waals surface area contributed by atoms with Crippen LogP contribution in [0.15, 0.2) is 0 Å². The van der Waals surface area contributed by atoms with Crippen molar-refractivity contribution in [2.45, 2.75) is 57.4 Å². The standard InChI is InChI=1S/C15H33N3/c1-17(2)12-8-14-18(13-7-11-16)15-9-5-3-4-6-10-15/h15H,3-14,16H2,1-2H3. The van der Waals surface area contributed by atoms with Gasteiger partial charge in [0, 0.05) is 6.04 Å². The Kier molecular flexibility index (Phi) is 8.64. The fourth-order valence-corrected chi connectivity index (χ4v) is 2.98. The zero-order chi connectivity index (χ0) is 13.2. The summed E-state index contributed by atoms with van der Waals surface area (Å²) in [6.45, 7) is 4.49. The predicted octanol–water partition coefficient (Wildman–Crippen LogP) is 2.31. The highest BCUT2D eigenvalue weighted by molar-refractivity contribution is 4.75. The molecule has 2 N–H and O–H groups in total. The minimum absolute atomic E-state index is 0.830. The maximum absolute atomic E-state index is 5.68. The van der Waals surface area contributed by atoms with Gasteiger partial charge in [0.05, 0.1) is 0 Å². The van der Waals surface area contributed by atoms with Crippen LogP contribution in [0.1, 0.15) is 51.4 Å². The molecule has 3 nitrogen and oxygen atoms in total. The van der Waals surface area contributed by atoms with Crippen molar-refractivity contribution in [2.75, 3.05) is 40.3 Å². The molecule has 1 rings (SSSR count). The van der Waals surface area contributed by atoms with Crippen molar-refractivity contribution in [3.05, 3.63) is 0 Å². The fourth-order valence-electron chi connectivity index (χ4n) is 2.98. The summed E-state index contributed by atoms with van der Waals surface area (Å²) < 4.78 is 0. The molecule has 0 saturated heterocycles. The van der Waals surface area contributed by atoms with E-state index in [4.69, 9.17) is 5.73 Å². The number of rotatable bonds is 8. The van der Waals surface area contributed by atoms with Crippen LogP contribution in [-0.4, -0.2) is 56.1 Å². The summed E-state index contributed by atoms with van der Waals surface area (Å²) in [5, 5.41) is 0. The first-order valence-corrected chi connectivity index (χ1v) is 7.83. The van der Waals surface area contributed by atoms with Crippen LogP contribution < -0.4 is 5.73 Å². The second kappa shape index (κ2) is 9.76. The highest BCUT2D eigenvalue weighted by Gasteiger charge is 2.19. The van der Waals surface area contributed by atoms with Crippen LogP contribution in [0.4, 0.5) is 0 Å². The Bertz CT molecular complexity index is 186. The van der Waals surface area contributed by atoms with E-state index in [1.807, 2.05) is 0 Å². The van der Waals surface area contributed by atoms with Crippen LogP contribution in [0.3, 0.4) is 0 Å². The maximum Gasteiger partial charge on any atom is 0.00952 e. The molecule has 0 aromatic heterocycles. The van der Waals surface area contributed by atoms with Gasteiger partial charge in [-0.25, -0.2) is 0 Å². The van der Waals surface area contributed by atoms with Gasteiger partial charge in [-0.05, 0) is 66.0 Å². The molecule has 108 valence electrons. The normalized spacial score (nSPS) is 18.5. The van der Waals surface area contributed by atoms with Crippen molar-refractivity contribution in [1.29, 1.82) is 0 Å². The topological polar surface area (TPSA) is 32.5 Å². The van der Waals surface area contributed by atoms with E-state index in [2.05, 4.69) is 23.9 Å². The van der Waals surface area contributed by atoms with E-state index in [1.54, 1.807) is 0 Å². The van der Waals surface area contributed by atoms with Crippen molar-refractivity contribution in [3.63, 3.8) is 0 Å². The zero-order valence-corrected chi connectivity index (χ0v) is 12.5. The van der Waals surface area contributed by atoms with Gasteiger partial charge in [-0.15, -0.1) is 0 Å². The molecule has 1 fully saturated rings. The summed E-state index contributed by atoms with van der Waals surface area (Å²) >= 11 is 0. The van der Waals surface area contributed by atoms with E-state index in [-0.39, 0.29) is 0 Å². The molecule has 3 heteroatoms. The second-order valence-corrected chi connectivity index (χ2v) is 5.98. The van der Waals surface area contributed by atoms with E-state index in [0.29, 0.717) is 0 Å². The van der Waals surface area contributed by atoms with Crippen LogP contribution in [0.2, 0.25) is 0 Å². The first-order chi connectivity index (χ1) is 8.74. The Morgan fingerprint density at radius 1 is 0.889 bits per heavy atom. The van der Waals surface area contributed by atoms with Gasteiger partial charge in [0.25, 0.3) is 0 Å². The maximum atomic E-state index is 5.68. The average Bonchev–Trinajstić information content (AvgIpc) is 2.62. The van der Waals surface area contributed by atoms with Crippen LogP contribution >= 0.6 is 0 Å². The fraction of sp³-hybridized carbons (Fsp3) is 1.00. The summed E-state index contributed by atoms with van der Waals surface area (Å²) in [5.41, 5.74) is 5.68. The van der Waals surface area contributed by atoms with E-state index in [0.717, 1.165) is 19.0 Å². The Morgan fingerprint density at radius 2 is 1.50 bits per heavy atom. The molecular weight excluding hydrogens is 222 g/mol. The molecule has 0 heterocycles. The Balaban J connectivity index is 2.36. The molecular formula is C15H33N3. The average molecular weight is 255 g/mol. The lowest BCUT2D eigenvalue weighted by Gasteiger charge is -2.31. The SMILES string of the molecule is CN(C)CCCN(CCCN)C1CCCCCC1. The zero-order valence-electron chi connectivity index (χ0n) is 12.5. The third-order valence-corrected chi connectivity index (χ3v) is 4.04. The first kappa shape index (κ1) is 15.9. The van der Waals surface area contributed by atoms with Crippen LogP contribution in [-0.2, 0) is 0 Å². The van der Waals surface area contributed by atoms with Gasteiger partial charge in [-0.3, -0.25) is 0 Å². The van der Waals surface area contributed by atoms with Gasteiger partial charge < -0.3 is 15.5 Å². The number of nitrogens with two attached hydrogens (primary N) is 1. The summed E-state index contributed by atoms with van der Waals surface area (Å²) in [7, 11) is 4.33. The Labute approximate surface area is 114 Å².